The van der Waals surface area contributed by atoms with Crippen LogP contribution in [0.2, 0.25) is 0 Å². The maximum atomic E-state index is 12.4. The number of carboxylic acids is 2. The van der Waals surface area contributed by atoms with Gasteiger partial charge in [0, 0.05) is 16.6 Å². The van der Waals surface area contributed by atoms with E-state index in [2.05, 4.69) is 10.6 Å². The van der Waals surface area contributed by atoms with Crippen LogP contribution in [0.3, 0.4) is 0 Å². The number of hydrogen-bond donors (Lipinski definition) is 4. The first kappa shape index (κ1) is 25.6. The van der Waals surface area contributed by atoms with Crippen molar-refractivity contribution in [2.24, 2.45) is 0 Å². The summed E-state index contributed by atoms with van der Waals surface area (Å²) >= 11 is 0. The smallest absolute Gasteiger partial charge is 0.414 e. The highest BCUT2D eigenvalue weighted by molar-refractivity contribution is 6.27. The van der Waals surface area contributed by atoms with Crippen LogP contribution < -0.4 is 10.6 Å². The molecule has 0 aliphatic carbocycles. The molecule has 9 heteroatoms. The van der Waals surface area contributed by atoms with E-state index in [0.29, 0.717) is 6.54 Å². The van der Waals surface area contributed by atoms with Crippen molar-refractivity contribution in [1.29, 1.82) is 0 Å². The number of nitrogens with one attached hydrogen (secondary N) is 2. The molecule has 0 saturated carbocycles. The zero-order valence-corrected chi connectivity index (χ0v) is 18.1. The highest BCUT2D eigenvalue weighted by Crippen LogP contribution is 2.22. The van der Waals surface area contributed by atoms with Crippen molar-refractivity contribution in [1.82, 2.24) is 10.2 Å². The molecule has 0 spiro atoms. The number of rotatable bonds is 6. The van der Waals surface area contributed by atoms with Crippen LogP contribution >= 0.6 is 0 Å². The zero-order chi connectivity index (χ0) is 23.6. The van der Waals surface area contributed by atoms with E-state index >= 15 is 0 Å². The van der Waals surface area contributed by atoms with Gasteiger partial charge >= 0.3 is 11.9 Å². The zero-order valence-electron chi connectivity index (χ0n) is 18.1. The van der Waals surface area contributed by atoms with Gasteiger partial charge in [-0.25, -0.2) is 9.59 Å². The highest BCUT2D eigenvalue weighted by atomic mass is 16.4. The Kier molecular flexibility index (Phi) is 9.62. The second kappa shape index (κ2) is 11.7. The monoisotopic (exact) mass is 431 g/mol. The number of carboxylic acid groups (broad SMARTS) is 2. The van der Waals surface area contributed by atoms with E-state index in [1.54, 1.807) is 0 Å². The Labute approximate surface area is 181 Å². The minimum absolute atomic E-state index is 0.0766. The summed E-state index contributed by atoms with van der Waals surface area (Å²) in [5.74, 6) is -3.85. The molecule has 31 heavy (non-hydrogen) atoms. The Bertz CT molecular complexity index is 919. The summed E-state index contributed by atoms with van der Waals surface area (Å²) < 4.78 is 0. The van der Waals surface area contributed by atoms with Crippen LogP contribution in [0.1, 0.15) is 27.7 Å². The first-order valence-electron chi connectivity index (χ1n) is 9.70. The molecule has 4 N–H and O–H groups in total. The summed E-state index contributed by atoms with van der Waals surface area (Å²) in [7, 11) is 0. The van der Waals surface area contributed by atoms with Gasteiger partial charge in [-0.1, -0.05) is 43.3 Å². The molecule has 0 atom stereocenters. The average molecular weight is 431 g/mol. The van der Waals surface area contributed by atoms with Gasteiger partial charge in [0.05, 0.1) is 13.1 Å². The molecule has 2 amide bonds. The van der Waals surface area contributed by atoms with Crippen molar-refractivity contribution in [2.75, 3.05) is 25.0 Å². The van der Waals surface area contributed by atoms with Gasteiger partial charge in [0.15, 0.2) is 0 Å². The van der Waals surface area contributed by atoms with Gasteiger partial charge in [-0.05, 0) is 38.8 Å². The largest absolute Gasteiger partial charge is 0.473 e. The number of aliphatic carboxylic acids is 2. The van der Waals surface area contributed by atoms with Crippen LogP contribution in [0, 0.1) is 0 Å². The predicted molar refractivity (Wildman–Crippen MR) is 118 cm³/mol. The van der Waals surface area contributed by atoms with E-state index in [-0.39, 0.29) is 30.4 Å². The van der Waals surface area contributed by atoms with Crippen LogP contribution in [0.15, 0.2) is 42.5 Å². The molecular formula is C22H29N3O6. The summed E-state index contributed by atoms with van der Waals surface area (Å²) in [4.78, 5) is 44.5. The number of benzene rings is 2. The minimum Gasteiger partial charge on any atom is -0.473 e. The SMILES string of the molecule is CCN(CC(=O)Nc1cccc2ccccc12)CC(=O)NC(C)(C)C.O=C(O)C(=O)O. The van der Waals surface area contributed by atoms with Gasteiger partial charge in [-0.15, -0.1) is 0 Å². The van der Waals surface area contributed by atoms with Crippen molar-refractivity contribution in [3.8, 4) is 0 Å². The molecule has 0 fully saturated rings. The molecule has 2 aromatic rings. The van der Waals surface area contributed by atoms with Crippen molar-refractivity contribution in [3.05, 3.63) is 42.5 Å². The van der Waals surface area contributed by atoms with Crippen molar-refractivity contribution >= 4 is 40.2 Å². The Morgan fingerprint density at radius 2 is 1.42 bits per heavy atom. The van der Waals surface area contributed by atoms with Gasteiger partial charge in [0.25, 0.3) is 0 Å². The van der Waals surface area contributed by atoms with Crippen molar-refractivity contribution in [2.45, 2.75) is 33.2 Å². The summed E-state index contributed by atoms with van der Waals surface area (Å²) in [5, 5.41) is 22.7. The molecule has 2 aromatic carbocycles. The van der Waals surface area contributed by atoms with E-state index in [4.69, 9.17) is 19.8 Å². The number of likely N-dealkylation sites (N-methyl/N-ethyl adjacent to an activating group) is 1. The molecule has 0 saturated heterocycles. The Hall–Kier alpha value is -3.46. The standard InChI is InChI=1S/C20H27N3O2.C2H2O4/c1-5-23(14-19(25)22-20(2,3)4)13-18(24)21-17-12-8-10-15-9-6-7-11-16(15)17;3-1(4)2(5)6/h6-12H,5,13-14H2,1-4H3,(H,21,24)(H,22,25);(H,3,4)(H,5,6). The van der Waals surface area contributed by atoms with Gasteiger partial charge in [0.2, 0.25) is 11.8 Å². The number of fused-ring (bicyclic) bond motifs is 1. The fourth-order valence-corrected chi connectivity index (χ4v) is 2.67. The molecule has 9 nitrogen and oxygen atoms in total. The number of anilines is 1. The fourth-order valence-electron chi connectivity index (χ4n) is 2.67. The lowest BCUT2D eigenvalue weighted by Crippen LogP contribution is -2.47. The quantitative estimate of drug-likeness (QED) is 0.515. The first-order valence-corrected chi connectivity index (χ1v) is 9.70. The summed E-state index contributed by atoms with van der Waals surface area (Å²) in [6.07, 6.45) is 0. The fraction of sp³-hybridized carbons (Fsp3) is 0.364. The number of carbonyl (C=O) groups excluding carboxylic acids is 2. The third-order valence-corrected chi connectivity index (χ3v) is 3.94. The normalized spacial score (nSPS) is 10.7. The Morgan fingerprint density at radius 1 is 0.871 bits per heavy atom. The third-order valence-electron chi connectivity index (χ3n) is 3.94. The van der Waals surface area contributed by atoms with Gasteiger partial charge in [0.1, 0.15) is 0 Å². The van der Waals surface area contributed by atoms with E-state index in [1.807, 2.05) is 75.1 Å². The van der Waals surface area contributed by atoms with Gasteiger partial charge in [-0.3, -0.25) is 14.5 Å². The van der Waals surface area contributed by atoms with E-state index in [0.717, 1.165) is 16.5 Å². The molecule has 2 rings (SSSR count). The summed E-state index contributed by atoms with van der Waals surface area (Å²) in [6.45, 7) is 8.77. The maximum absolute atomic E-state index is 12.4. The Balaban J connectivity index is 0.000000703. The molecule has 0 radical (unpaired) electrons. The van der Waals surface area contributed by atoms with E-state index in [1.165, 1.54) is 0 Å². The first-order chi connectivity index (χ1) is 14.4. The number of nitrogens with zero attached hydrogens (tertiary/aromatic N) is 1. The maximum Gasteiger partial charge on any atom is 0.414 e. The number of carbonyl (C=O) groups is 4. The number of amides is 2. The molecule has 0 bridgehead atoms. The molecule has 0 aromatic heterocycles. The van der Waals surface area contributed by atoms with Crippen molar-refractivity contribution < 1.29 is 29.4 Å². The lowest BCUT2D eigenvalue weighted by atomic mass is 10.1. The van der Waals surface area contributed by atoms with E-state index < -0.39 is 11.9 Å². The van der Waals surface area contributed by atoms with Crippen LogP contribution in [0.25, 0.3) is 10.8 Å². The lowest BCUT2D eigenvalue weighted by Gasteiger charge is -2.24. The van der Waals surface area contributed by atoms with Crippen LogP contribution in [-0.2, 0) is 19.2 Å². The van der Waals surface area contributed by atoms with Crippen LogP contribution in [-0.4, -0.2) is 64.0 Å². The predicted octanol–water partition coefficient (Wildman–Crippen LogP) is 2.17. The van der Waals surface area contributed by atoms with Crippen LogP contribution in [0.5, 0.6) is 0 Å². The molecule has 0 heterocycles. The summed E-state index contributed by atoms with van der Waals surface area (Å²) in [5.41, 5.74) is 0.514. The second-order valence-electron chi connectivity index (χ2n) is 7.79. The van der Waals surface area contributed by atoms with Gasteiger partial charge in [-0.2, -0.15) is 0 Å². The Morgan fingerprint density at radius 3 is 1.97 bits per heavy atom. The highest BCUT2D eigenvalue weighted by Gasteiger charge is 2.18. The second-order valence-corrected chi connectivity index (χ2v) is 7.79. The van der Waals surface area contributed by atoms with E-state index in [9.17, 15) is 9.59 Å². The molecule has 168 valence electrons. The average Bonchev–Trinajstić information content (AvgIpc) is 2.66. The lowest BCUT2D eigenvalue weighted by molar-refractivity contribution is -0.159. The molecular weight excluding hydrogens is 402 g/mol. The summed E-state index contributed by atoms with van der Waals surface area (Å²) in [6, 6.07) is 13.8. The van der Waals surface area contributed by atoms with Crippen molar-refractivity contribution in [3.63, 3.8) is 0 Å². The minimum atomic E-state index is -1.82. The molecule has 0 aliphatic rings. The van der Waals surface area contributed by atoms with Crippen LogP contribution in [0.4, 0.5) is 5.69 Å². The topological polar surface area (TPSA) is 136 Å². The molecule has 0 aliphatic heterocycles. The number of hydrogen-bond acceptors (Lipinski definition) is 5. The van der Waals surface area contributed by atoms with Gasteiger partial charge < -0.3 is 20.8 Å². The molecule has 0 unspecified atom stereocenters. The third kappa shape index (κ3) is 9.72.